The van der Waals surface area contributed by atoms with Crippen molar-refractivity contribution in [2.24, 2.45) is 0 Å². The largest absolute Gasteiger partial charge is 0.347 e. The molecule has 2 rings (SSSR count). The lowest BCUT2D eigenvalue weighted by atomic mass is 10.1. The molecule has 1 aromatic rings. The first-order valence-corrected chi connectivity index (χ1v) is 6.84. The zero-order valence-corrected chi connectivity index (χ0v) is 11.0. The van der Waals surface area contributed by atoms with Crippen LogP contribution in [0.4, 0.5) is 0 Å². The third-order valence-electron chi connectivity index (χ3n) is 2.35. The molecule has 15 heavy (non-hydrogen) atoms. The van der Waals surface area contributed by atoms with E-state index in [1.54, 1.807) is 23.1 Å². The van der Waals surface area contributed by atoms with E-state index in [1.165, 1.54) is 0 Å². The van der Waals surface area contributed by atoms with E-state index in [0.29, 0.717) is 6.61 Å². The van der Waals surface area contributed by atoms with E-state index in [2.05, 4.69) is 11.9 Å². The molecule has 5 heteroatoms. The van der Waals surface area contributed by atoms with E-state index in [-0.39, 0.29) is 5.60 Å². The minimum atomic E-state index is -0.488. The van der Waals surface area contributed by atoms with Gasteiger partial charge in [0.15, 0.2) is 5.79 Å². The van der Waals surface area contributed by atoms with Crippen LogP contribution in [-0.4, -0.2) is 23.6 Å². The molecule has 1 fully saturated rings. The Morgan fingerprint density at radius 3 is 2.67 bits per heavy atom. The number of aromatic nitrogens is 1. The Morgan fingerprint density at radius 2 is 2.20 bits per heavy atom. The average molecular weight is 245 g/mol. The SMILES string of the molecule is CSc1ncc([C@@]2(C)COC(C)(C)O2)s1. The highest BCUT2D eigenvalue weighted by atomic mass is 32.2. The molecule has 0 aliphatic carbocycles. The van der Waals surface area contributed by atoms with Crippen LogP contribution in [0.1, 0.15) is 25.6 Å². The van der Waals surface area contributed by atoms with Crippen LogP contribution in [0, 0.1) is 0 Å². The van der Waals surface area contributed by atoms with Gasteiger partial charge in [-0.3, -0.25) is 0 Å². The van der Waals surface area contributed by atoms with E-state index in [9.17, 15) is 0 Å². The van der Waals surface area contributed by atoms with Crippen molar-refractivity contribution in [3.8, 4) is 0 Å². The molecule has 1 aromatic heterocycles. The van der Waals surface area contributed by atoms with E-state index in [0.717, 1.165) is 9.22 Å². The van der Waals surface area contributed by atoms with Gasteiger partial charge in [-0.1, -0.05) is 11.8 Å². The van der Waals surface area contributed by atoms with Gasteiger partial charge in [-0.25, -0.2) is 4.98 Å². The molecule has 0 bridgehead atoms. The summed E-state index contributed by atoms with van der Waals surface area (Å²) in [5.74, 6) is -0.488. The first kappa shape index (κ1) is 11.4. The molecule has 0 radical (unpaired) electrons. The van der Waals surface area contributed by atoms with Crippen LogP contribution in [0.3, 0.4) is 0 Å². The predicted octanol–water partition coefficient (Wildman–Crippen LogP) is 2.86. The third-order valence-corrected chi connectivity index (χ3v) is 4.59. The van der Waals surface area contributed by atoms with Gasteiger partial charge in [0.05, 0.1) is 11.5 Å². The van der Waals surface area contributed by atoms with Crippen molar-refractivity contribution in [2.45, 2.75) is 36.5 Å². The van der Waals surface area contributed by atoms with Gasteiger partial charge in [0.25, 0.3) is 0 Å². The minimum Gasteiger partial charge on any atom is -0.347 e. The Balaban J connectivity index is 2.23. The molecule has 0 saturated carbocycles. The van der Waals surface area contributed by atoms with Gasteiger partial charge >= 0.3 is 0 Å². The molecular weight excluding hydrogens is 230 g/mol. The topological polar surface area (TPSA) is 31.4 Å². The van der Waals surface area contributed by atoms with Crippen LogP contribution < -0.4 is 0 Å². The Kier molecular flexibility index (Phi) is 2.83. The predicted molar refractivity (Wildman–Crippen MR) is 62.4 cm³/mol. The number of thioether (sulfide) groups is 1. The first-order valence-electron chi connectivity index (χ1n) is 4.80. The molecule has 2 heterocycles. The molecule has 1 aliphatic rings. The van der Waals surface area contributed by atoms with Gasteiger partial charge < -0.3 is 9.47 Å². The van der Waals surface area contributed by atoms with Crippen molar-refractivity contribution in [1.29, 1.82) is 0 Å². The Hall–Kier alpha value is -0.100. The van der Waals surface area contributed by atoms with Crippen molar-refractivity contribution >= 4 is 23.1 Å². The minimum absolute atomic E-state index is 0.338. The van der Waals surface area contributed by atoms with Gasteiger partial charge in [-0.15, -0.1) is 11.3 Å². The lowest BCUT2D eigenvalue weighted by Gasteiger charge is -2.23. The molecular formula is C10H15NO2S2. The van der Waals surface area contributed by atoms with Crippen molar-refractivity contribution in [1.82, 2.24) is 4.98 Å². The lowest BCUT2D eigenvalue weighted by molar-refractivity contribution is -0.158. The summed E-state index contributed by atoms with van der Waals surface area (Å²) in [6.45, 7) is 6.53. The quantitative estimate of drug-likeness (QED) is 0.750. The highest BCUT2D eigenvalue weighted by molar-refractivity contribution is 8.00. The number of rotatable bonds is 2. The summed E-state index contributed by atoms with van der Waals surface area (Å²) in [4.78, 5) is 5.45. The van der Waals surface area contributed by atoms with Crippen molar-refractivity contribution in [2.75, 3.05) is 12.9 Å². The molecule has 1 saturated heterocycles. The van der Waals surface area contributed by atoms with Crippen LogP contribution in [0.5, 0.6) is 0 Å². The Morgan fingerprint density at radius 1 is 1.47 bits per heavy atom. The van der Waals surface area contributed by atoms with Gasteiger partial charge in [0.1, 0.15) is 9.94 Å². The van der Waals surface area contributed by atoms with Crippen molar-refractivity contribution in [3.63, 3.8) is 0 Å². The molecule has 3 nitrogen and oxygen atoms in total. The summed E-state index contributed by atoms with van der Waals surface area (Å²) >= 11 is 3.33. The van der Waals surface area contributed by atoms with Crippen molar-refractivity contribution in [3.05, 3.63) is 11.1 Å². The number of hydrogen-bond acceptors (Lipinski definition) is 5. The zero-order valence-electron chi connectivity index (χ0n) is 9.36. The molecule has 0 spiro atoms. The van der Waals surface area contributed by atoms with Crippen molar-refractivity contribution < 1.29 is 9.47 Å². The zero-order chi connectivity index (χ0) is 11.1. The smallest absolute Gasteiger partial charge is 0.164 e. The highest BCUT2D eigenvalue weighted by Crippen LogP contribution is 2.41. The summed E-state index contributed by atoms with van der Waals surface area (Å²) in [5.41, 5.74) is -0.338. The highest BCUT2D eigenvalue weighted by Gasteiger charge is 2.44. The normalized spacial score (nSPS) is 29.6. The monoisotopic (exact) mass is 245 g/mol. The summed E-state index contributed by atoms with van der Waals surface area (Å²) in [6.07, 6.45) is 3.92. The van der Waals surface area contributed by atoms with Crippen LogP contribution in [0.2, 0.25) is 0 Å². The fourth-order valence-corrected chi connectivity index (χ4v) is 3.11. The fraction of sp³-hybridized carbons (Fsp3) is 0.700. The molecule has 0 N–H and O–H groups in total. The second kappa shape index (κ2) is 3.73. The second-order valence-corrected chi connectivity index (χ2v) is 6.30. The molecule has 0 unspecified atom stereocenters. The van der Waals surface area contributed by atoms with Crippen LogP contribution in [0.15, 0.2) is 10.5 Å². The lowest BCUT2D eigenvalue weighted by Crippen LogP contribution is -2.27. The number of hydrogen-bond donors (Lipinski definition) is 0. The molecule has 1 aliphatic heterocycles. The van der Waals surface area contributed by atoms with Gasteiger partial charge in [0, 0.05) is 6.20 Å². The number of ether oxygens (including phenoxy) is 2. The summed E-state index contributed by atoms with van der Waals surface area (Å²) in [6, 6.07) is 0. The molecule has 0 aromatic carbocycles. The van der Waals surface area contributed by atoms with E-state index < -0.39 is 5.79 Å². The van der Waals surface area contributed by atoms with E-state index in [1.807, 2.05) is 26.3 Å². The summed E-state index contributed by atoms with van der Waals surface area (Å²) < 4.78 is 12.6. The maximum atomic E-state index is 5.92. The Labute approximate surface area is 98.2 Å². The molecule has 0 amide bonds. The summed E-state index contributed by atoms with van der Waals surface area (Å²) in [7, 11) is 0. The van der Waals surface area contributed by atoms with E-state index >= 15 is 0 Å². The van der Waals surface area contributed by atoms with Gasteiger partial charge in [0.2, 0.25) is 0 Å². The van der Waals surface area contributed by atoms with Crippen LogP contribution >= 0.6 is 23.1 Å². The standard InChI is InChI=1S/C10H15NO2S2/c1-9(2)12-6-10(3,13-9)7-5-11-8(14-4)15-7/h5H,6H2,1-4H3/t10-/m1/s1. The first-order chi connectivity index (χ1) is 6.95. The van der Waals surface area contributed by atoms with Crippen LogP contribution in [-0.2, 0) is 15.1 Å². The fourth-order valence-electron chi connectivity index (χ4n) is 1.63. The average Bonchev–Trinajstić information content (AvgIpc) is 2.71. The second-order valence-electron chi connectivity index (χ2n) is 4.22. The van der Waals surface area contributed by atoms with Gasteiger partial charge in [-0.05, 0) is 27.0 Å². The van der Waals surface area contributed by atoms with Gasteiger partial charge in [-0.2, -0.15) is 0 Å². The molecule has 84 valence electrons. The summed E-state index contributed by atoms with van der Waals surface area (Å²) in [5, 5.41) is 0. The number of thiazole rings is 1. The maximum Gasteiger partial charge on any atom is 0.164 e. The Bertz CT molecular complexity index is 364. The maximum absolute atomic E-state index is 5.92. The number of nitrogens with zero attached hydrogens (tertiary/aromatic N) is 1. The van der Waals surface area contributed by atoms with Crippen LogP contribution in [0.25, 0.3) is 0 Å². The molecule has 1 atom stereocenters. The van der Waals surface area contributed by atoms with E-state index in [4.69, 9.17) is 9.47 Å². The third kappa shape index (κ3) is 2.20.